The van der Waals surface area contributed by atoms with E-state index in [0.29, 0.717) is 10.7 Å². The Balaban J connectivity index is 2.35. The van der Waals surface area contributed by atoms with E-state index in [1.165, 1.54) is 0 Å². The van der Waals surface area contributed by atoms with Gasteiger partial charge >= 0.3 is 0 Å². The van der Waals surface area contributed by atoms with Gasteiger partial charge in [0.1, 0.15) is 0 Å². The van der Waals surface area contributed by atoms with Crippen molar-refractivity contribution in [3.05, 3.63) is 29.3 Å². The van der Waals surface area contributed by atoms with Crippen LogP contribution >= 0.6 is 11.6 Å². The summed E-state index contributed by atoms with van der Waals surface area (Å²) in [4.78, 5) is 14.2. The van der Waals surface area contributed by atoms with E-state index >= 15 is 0 Å². The molecule has 0 aliphatic rings. The molecular formula is C15H24ClN3O. The molecule has 5 heteroatoms. The summed E-state index contributed by atoms with van der Waals surface area (Å²) in [5.41, 5.74) is 0.650. The summed E-state index contributed by atoms with van der Waals surface area (Å²) in [7, 11) is 0. The van der Waals surface area contributed by atoms with Gasteiger partial charge in [-0.2, -0.15) is 0 Å². The molecule has 1 amide bonds. The minimum Gasteiger partial charge on any atom is -0.324 e. The molecule has 1 atom stereocenters. The van der Waals surface area contributed by atoms with Crippen LogP contribution in [0.5, 0.6) is 0 Å². The molecule has 1 unspecified atom stereocenters. The smallest absolute Gasteiger partial charge is 0.238 e. The molecule has 0 aliphatic heterocycles. The van der Waals surface area contributed by atoms with E-state index in [1.54, 1.807) is 12.1 Å². The molecule has 0 saturated heterocycles. The standard InChI is InChI=1S/C15H24ClN3O/c1-4-19(5-2)11-12(3)17-10-15(20)18-14-9-7-6-8-13(14)16/h6-9,12,17H,4-5,10-11H2,1-3H3,(H,18,20). The zero-order chi connectivity index (χ0) is 15.0. The lowest BCUT2D eigenvalue weighted by atomic mass is 10.3. The summed E-state index contributed by atoms with van der Waals surface area (Å²) >= 11 is 6.00. The monoisotopic (exact) mass is 297 g/mol. The van der Waals surface area contributed by atoms with Crippen LogP contribution in [-0.4, -0.2) is 43.0 Å². The predicted octanol–water partition coefficient (Wildman–Crippen LogP) is 2.60. The number of carbonyl (C=O) groups is 1. The molecule has 1 aromatic rings. The van der Waals surface area contributed by atoms with Crippen LogP contribution in [0.15, 0.2) is 24.3 Å². The van der Waals surface area contributed by atoms with E-state index in [0.717, 1.165) is 19.6 Å². The van der Waals surface area contributed by atoms with Crippen LogP contribution in [0.3, 0.4) is 0 Å². The molecule has 0 aromatic heterocycles. The van der Waals surface area contributed by atoms with Crippen LogP contribution in [0.25, 0.3) is 0 Å². The van der Waals surface area contributed by atoms with E-state index < -0.39 is 0 Å². The summed E-state index contributed by atoms with van der Waals surface area (Å²) in [5.74, 6) is -0.0792. The molecule has 0 aliphatic carbocycles. The lowest BCUT2D eigenvalue weighted by molar-refractivity contribution is -0.115. The number of rotatable bonds is 8. The largest absolute Gasteiger partial charge is 0.324 e. The van der Waals surface area contributed by atoms with Gasteiger partial charge in [0.2, 0.25) is 5.91 Å². The van der Waals surface area contributed by atoms with E-state index in [-0.39, 0.29) is 18.5 Å². The van der Waals surface area contributed by atoms with Crippen LogP contribution in [0.2, 0.25) is 5.02 Å². The fourth-order valence-electron chi connectivity index (χ4n) is 1.96. The van der Waals surface area contributed by atoms with Crippen LogP contribution in [0.1, 0.15) is 20.8 Å². The van der Waals surface area contributed by atoms with Gasteiger partial charge in [-0.1, -0.05) is 37.6 Å². The summed E-state index contributed by atoms with van der Waals surface area (Å²) in [6, 6.07) is 7.50. The Kier molecular flexibility index (Phi) is 7.59. The lowest BCUT2D eigenvalue weighted by Gasteiger charge is -2.23. The fourth-order valence-corrected chi connectivity index (χ4v) is 2.14. The lowest BCUT2D eigenvalue weighted by Crippen LogP contribution is -2.42. The molecule has 0 heterocycles. The molecule has 20 heavy (non-hydrogen) atoms. The first kappa shape index (κ1) is 17.0. The van der Waals surface area contributed by atoms with Gasteiger partial charge in [0, 0.05) is 12.6 Å². The van der Waals surface area contributed by atoms with Gasteiger partial charge < -0.3 is 15.5 Å². The first-order valence-electron chi connectivity index (χ1n) is 7.06. The first-order chi connectivity index (χ1) is 9.56. The highest BCUT2D eigenvalue weighted by molar-refractivity contribution is 6.33. The number of anilines is 1. The number of benzene rings is 1. The second-order valence-corrected chi connectivity index (χ2v) is 5.20. The molecule has 2 N–H and O–H groups in total. The van der Waals surface area contributed by atoms with E-state index in [9.17, 15) is 4.79 Å². The average molecular weight is 298 g/mol. The summed E-state index contributed by atoms with van der Waals surface area (Å²) in [6.45, 7) is 9.63. The minimum absolute atomic E-state index is 0.0792. The third-order valence-electron chi connectivity index (χ3n) is 3.19. The fraction of sp³-hybridized carbons (Fsp3) is 0.533. The quantitative estimate of drug-likeness (QED) is 0.775. The van der Waals surface area contributed by atoms with Crippen molar-refractivity contribution in [2.24, 2.45) is 0 Å². The SMILES string of the molecule is CCN(CC)CC(C)NCC(=O)Nc1ccccc1Cl. The number of nitrogens with one attached hydrogen (secondary N) is 2. The topological polar surface area (TPSA) is 44.4 Å². The maximum Gasteiger partial charge on any atom is 0.238 e. The van der Waals surface area contributed by atoms with Gasteiger partial charge in [-0.15, -0.1) is 0 Å². The number of carbonyl (C=O) groups excluding carboxylic acids is 1. The molecule has 0 saturated carbocycles. The van der Waals surface area contributed by atoms with Crippen LogP contribution in [-0.2, 0) is 4.79 Å². The molecular weight excluding hydrogens is 274 g/mol. The highest BCUT2D eigenvalue weighted by atomic mass is 35.5. The number of nitrogens with zero attached hydrogens (tertiary/aromatic N) is 1. The van der Waals surface area contributed by atoms with Gasteiger partial charge in [-0.05, 0) is 32.1 Å². The average Bonchev–Trinajstić information content (AvgIpc) is 2.45. The zero-order valence-electron chi connectivity index (χ0n) is 12.4. The maximum absolute atomic E-state index is 11.8. The van der Waals surface area contributed by atoms with Gasteiger partial charge in [-0.25, -0.2) is 0 Å². The number of halogens is 1. The summed E-state index contributed by atoms with van der Waals surface area (Å²) in [5, 5.41) is 6.58. The van der Waals surface area contributed by atoms with Gasteiger partial charge in [0.05, 0.1) is 17.3 Å². The molecule has 0 radical (unpaired) electrons. The summed E-state index contributed by atoms with van der Waals surface area (Å²) in [6.07, 6.45) is 0. The highest BCUT2D eigenvalue weighted by Gasteiger charge is 2.09. The minimum atomic E-state index is -0.0792. The van der Waals surface area contributed by atoms with Crippen molar-refractivity contribution in [1.82, 2.24) is 10.2 Å². The molecule has 0 fully saturated rings. The van der Waals surface area contributed by atoms with E-state index in [4.69, 9.17) is 11.6 Å². The first-order valence-corrected chi connectivity index (χ1v) is 7.44. The highest BCUT2D eigenvalue weighted by Crippen LogP contribution is 2.19. The van der Waals surface area contributed by atoms with Crippen molar-refractivity contribution in [3.63, 3.8) is 0 Å². The van der Waals surface area contributed by atoms with Gasteiger partial charge in [-0.3, -0.25) is 4.79 Å². The van der Waals surface area contributed by atoms with Crippen molar-refractivity contribution in [2.75, 3.05) is 31.5 Å². The molecule has 1 aromatic carbocycles. The predicted molar refractivity (Wildman–Crippen MR) is 85.3 cm³/mol. The Hall–Kier alpha value is -1.10. The van der Waals surface area contributed by atoms with Crippen molar-refractivity contribution in [3.8, 4) is 0 Å². The van der Waals surface area contributed by atoms with Crippen molar-refractivity contribution >= 4 is 23.2 Å². The second kappa shape index (κ2) is 8.95. The van der Waals surface area contributed by atoms with Crippen molar-refractivity contribution in [2.45, 2.75) is 26.8 Å². The van der Waals surface area contributed by atoms with Crippen LogP contribution in [0.4, 0.5) is 5.69 Å². The van der Waals surface area contributed by atoms with Crippen LogP contribution < -0.4 is 10.6 Å². The van der Waals surface area contributed by atoms with E-state index in [2.05, 4.69) is 36.3 Å². The van der Waals surface area contributed by atoms with E-state index in [1.807, 2.05) is 12.1 Å². The molecule has 0 spiro atoms. The number of hydrogen-bond donors (Lipinski definition) is 2. The zero-order valence-corrected chi connectivity index (χ0v) is 13.2. The Morgan fingerprint density at radius 3 is 2.55 bits per heavy atom. The number of amides is 1. The third-order valence-corrected chi connectivity index (χ3v) is 3.52. The molecule has 0 bridgehead atoms. The number of para-hydroxylation sites is 1. The Bertz CT molecular complexity index is 421. The Labute approximate surface area is 126 Å². The Morgan fingerprint density at radius 1 is 1.30 bits per heavy atom. The molecule has 4 nitrogen and oxygen atoms in total. The van der Waals surface area contributed by atoms with Crippen molar-refractivity contribution in [1.29, 1.82) is 0 Å². The number of hydrogen-bond acceptors (Lipinski definition) is 3. The van der Waals surface area contributed by atoms with Crippen molar-refractivity contribution < 1.29 is 4.79 Å². The third kappa shape index (κ3) is 5.90. The van der Waals surface area contributed by atoms with Gasteiger partial charge in [0.25, 0.3) is 0 Å². The molecule has 112 valence electrons. The second-order valence-electron chi connectivity index (χ2n) is 4.80. The number of likely N-dealkylation sites (N-methyl/N-ethyl adjacent to an activating group) is 1. The summed E-state index contributed by atoms with van der Waals surface area (Å²) < 4.78 is 0. The van der Waals surface area contributed by atoms with Gasteiger partial charge in [0.15, 0.2) is 0 Å². The molecule has 1 rings (SSSR count). The maximum atomic E-state index is 11.8. The van der Waals surface area contributed by atoms with Crippen LogP contribution in [0, 0.1) is 0 Å². The Morgan fingerprint density at radius 2 is 1.95 bits per heavy atom. The normalized spacial score (nSPS) is 12.4.